The Hall–Kier alpha value is -0.610. The molecule has 76 valence electrons. The largest absolute Gasteiger partial charge is 0.316 e. The highest BCUT2D eigenvalue weighted by Gasteiger charge is 2.27. The van der Waals surface area contributed by atoms with Crippen LogP contribution in [0.2, 0.25) is 0 Å². The standard InChI is InChI=1S/C9H19N3O/c1-7-6-10-5-4-8(7)9(13)11-12(2)3/h7-8,10H,4-6H2,1-3H3,(H,11,13). The molecule has 2 N–H and O–H groups in total. The third kappa shape index (κ3) is 2.97. The SMILES string of the molecule is CC1CNCCC1C(=O)NN(C)C. The van der Waals surface area contributed by atoms with Gasteiger partial charge in [0.1, 0.15) is 0 Å². The summed E-state index contributed by atoms with van der Waals surface area (Å²) in [6.07, 6.45) is 0.945. The van der Waals surface area contributed by atoms with Crippen molar-refractivity contribution < 1.29 is 4.79 Å². The van der Waals surface area contributed by atoms with Gasteiger partial charge in [-0.05, 0) is 25.4 Å². The monoisotopic (exact) mass is 185 g/mol. The number of rotatable bonds is 2. The molecular formula is C9H19N3O. The lowest BCUT2D eigenvalue weighted by molar-refractivity contribution is -0.131. The van der Waals surface area contributed by atoms with Crippen LogP contribution in [0.25, 0.3) is 0 Å². The molecule has 1 aliphatic heterocycles. The molecule has 0 radical (unpaired) electrons. The van der Waals surface area contributed by atoms with Gasteiger partial charge in [0.15, 0.2) is 0 Å². The second-order valence-electron chi connectivity index (χ2n) is 3.95. The number of amides is 1. The van der Waals surface area contributed by atoms with E-state index in [2.05, 4.69) is 17.7 Å². The summed E-state index contributed by atoms with van der Waals surface area (Å²) in [6, 6.07) is 0. The molecule has 1 rings (SSSR count). The Balaban J connectivity index is 2.44. The van der Waals surface area contributed by atoms with Gasteiger partial charge < -0.3 is 5.32 Å². The molecule has 0 aliphatic carbocycles. The van der Waals surface area contributed by atoms with E-state index in [9.17, 15) is 4.79 Å². The van der Waals surface area contributed by atoms with Gasteiger partial charge in [0.25, 0.3) is 0 Å². The van der Waals surface area contributed by atoms with Crippen LogP contribution in [0, 0.1) is 11.8 Å². The summed E-state index contributed by atoms with van der Waals surface area (Å²) in [5.41, 5.74) is 2.81. The summed E-state index contributed by atoms with van der Waals surface area (Å²) in [6.45, 7) is 4.02. The first-order chi connectivity index (χ1) is 6.11. The van der Waals surface area contributed by atoms with E-state index >= 15 is 0 Å². The van der Waals surface area contributed by atoms with E-state index in [-0.39, 0.29) is 11.8 Å². The summed E-state index contributed by atoms with van der Waals surface area (Å²) in [4.78, 5) is 11.6. The van der Waals surface area contributed by atoms with Crippen LogP contribution >= 0.6 is 0 Å². The number of carbonyl (C=O) groups excluding carboxylic acids is 1. The van der Waals surface area contributed by atoms with Crippen molar-refractivity contribution in [1.29, 1.82) is 0 Å². The van der Waals surface area contributed by atoms with Crippen LogP contribution in [0.1, 0.15) is 13.3 Å². The number of nitrogens with one attached hydrogen (secondary N) is 2. The summed E-state index contributed by atoms with van der Waals surface area (Å²) in [5.74, 6) is 0.761. The van der Waals surface area contributed by atoms with Crippen LogP contribution in [0.15, 0.2) is 0 Å². The van der Waals surface area contributed by atoms with Gasteiger partial charge in [0.2, 0.25) is 5.91 Å². The minimum Gasteiger partial charge on any atom is -0.316 e. The van der Waals surface area contributed by atoms with Crippen LogP contribution in [-0.2, 0) is 4.79 Å². The van der Waals surface area contributed by atoms with Gasteiger partial charge in [-0.1, -0.05) is 6.92 Å². The molecule has 0 spiro atoms. The molecule has 0 aromatic carbocycles. The highest BCUT2D eigenvalue weighted by Crippen LogP contribution is 2.18. The Bertz CT molecular complexity index is 182. The zero-order valence-electron chi connectivity index (χ0n) is 8.63. The first-order valence-corrected chi connectivity index (χ1v) is 4.80. The molecule has 1 saturated heterocycles. The van der Waals surface area contributed by atoms with Crippen molar-refractivity contribution in [3.8, 4) is 0 Å². The van der Waals surface area contributed by atoms with E-state index in [4.69, 9.17) is 0 Å². The lowest BCUT2D eigenvalue weighted by Crippen LogP contribution is -2.47. The fraction of sp³-hybridized carbons (Fsp3) is 0.889. The number of hydrogen-bond acceptors (Lipinski definition) is 3. The summed E-state index contributed by atoms with van der Waals surface area (Å²) in [7, 11) is 3.67. The first-order valence-electron chi connectivity index (χ1n) is 4.80. The quantitative estimate of drug-likeness (QED) is 0.587. The summed E-state index contributed by atoms with van der Waals surface area (Å²) < 4.78 is 0. The molecule has 0 bridgehead atoms. The van der Waals surface area contributed by atoms with Crippen molar-refractivity contribution in [1.82, 2.24) is 15.8 Å². The Morgan fingerprint density at radius 3 is 2.77 bits per heavy atom. The Morgan fingerprint density at radius 2 is 2.23 bits per heavy atom. The van der Waals surface area contributed by atoms with Gasteiger partial charge in [0.05, 0.1) is 0 Å². The molecule has 2 atom stereocenters. The summed E-state index contributed by atoms with van der Waals surface area (Å²) >= 11 is 0. The Kier molecular flexibility index (Phi) is 3.69. The van der Waals surface area contributed by atoms with E-state index in [0.717, 1.165) is 19.5 Å². The maximum atomic E-state index is 11.6. The number of carbonyl (C=O) groups is 1. The van der Waals surface area contributed by atoms with Gasteiger partial charge in [0, 0.05) is 20.0 Å². The minimum atomic E-state index is 0.152. The van der Waals surface area contributed by atoms with Crippen molar-refractivity contribution in [2.45, 2.75) is 13.3 Å². The molecule has 0 saturated carbocycles. The van der Waals surface area contributed by atoms with Gasteiger partial charge in [-0.15, -0.1) is 0 Å². The average molecular weight is 185 g/mol. The molecule has 1 heterocycles. The normalized spacial score (nSPS) is 28.9. The number of piperidine rings is 1. The van der Waals surface area contributed by atoms with Gasteiger partial charge >= 0.3 is 0 Å². The highest BCUT2D eigenvalue weighted by atomic mass is 16.2. The average Bonchev–Trinajstić information content (AvgIpc) is 2.03. The van der Waals surface area contributed by atoms with Crippen LogP contribution < -0.4 is 10.7 Å². The molecule has 4 heteroatoms. The molecule has 0 aromatic rings. The number of nitrogens with zero attached hydrogens (tertiary/aromatic N) is 1. The van der Waals surface area contributed by atoms with Crippen LogP contribution in [0.4, 0.5) is 0 Å². The van der Waals surface area contributed by atoms with E-state index in [1.54, 1.807) is 5.01 Å². The Morgan fingerprint density at radius 1 is 1.54 bits per heavy atom. The molecule has 2 unspecified atom stereocenters. The van der Waals surface area contributed by atoms with E-state index in [0.29, 0.717) is 5.92 Å². The van der Waals surface area contributed by atoms with Crippen molar-refractivity contribution in [2.75, 3.05) is 27.2 Å². The van der Waals surface area contributed by atoms with E-state index in [1.165, 1.54) is 0 Å². The zero-order chi connectivity index (χ0) is 9.84. The number of hydrazine groups is 1. The topological polar surface area (TPSA) is 44.4 Å². The Labute approximate surface area is 79.6 Å². The lowest BCUT2D eigenvalue weighted by Gasteiger charge is -2.29. The van der Waals surface area contributed by atoms with Crippen LogP contribution in [0.3, 0.4) is 0 Å². The minimum absolute atomic E-state index is 0.152. The zero-order valence-corrected chi connectivity index (χ0v) is 8.63. The van der Waals surface area contributed by atoms with Gasteiger partial charge in [-0.2, -0.15) is 0 Å². The highest BCUT2D eigenvalue weighted by molar-refractivity contribution is 5.78. The second-order valence-corrected chi connectivity index (χ2v) is 3.95. The van der Waals surface area contributed by atoms with Gasteiger partial charge in [-0.3, -0.25) is 10.2 Å². The molecule has 4 nitrogen and oxygen atoms in total. The molecule has 13 heavy (non-hydrogen) atoms. The maximum absolute atomic E-state index is 11.6. The van der Waals surface area contributed by atoms with Crippen molar-refractivity contribution in [3.63, 3.8) is 0 Å². The van der Waals surface area contributed by atoms with Crippen LogP contribution in [-0.4, -0.2) is 38.1 Å². The smallest absolute Gasteiger partial charge is 0.237 e. The fourth-order valence-electron chi connectivity index (χ4n) is 1.71. The predicted molar refractivity (Wildman–Crippen MR) is 52.0 cm³/mol. The fourth-order valence-corrected chi connectivity index (χ4v) is 1.71. The third-order valence-electron chi connectivity index (χ3n) is 2.46. The van der Waals surface area contributed by atoms with Crippen LogP contribution in [0.5, 0.6) is 0 Å². The van der Waals surface area contributed by atoms with E-state index in [1.807, 2.05) is 14.1 Å². The number of hydrogen-bond donors (Lipinski definition) is 2. The predicted octanol–water partition coefficient (Wildman–Crippen LogP) is -0.175. The molecule has 1 fully saturated rings. The third-order valence-corrected chi connectivity index (χ3v) is 2.46. The van der Waals surface area contributed by atoms with Crippen molar-refractivity contribution >= 4 is 5.91 Å². The van der Waals surface area contributed by atoms with E-state index < -0.39 is 0 Å². The lowest BCUT2D eigenvalue weighted by atomic mass is 9.87. The second kappa shape index (κ2) is 4.58. The molecule has 1 amide bonds. The summed E-state index contributed by atoms with van der Waals surface area (Å²) in [5, 5.41) is 4.98. The van der Waals surface area contributed by atoms with Crippen molar-refractivity contribution in [3.05, 3.63) is 0 Å². The first kappa shape index (κ1) is 10.5. The maximum Gasteiger partial charge on any atom is 0.237 e. The molecule has 1 aliphatic rings. The van der Waals surface area contributed by atoms with Crippen molar-refractivity contribution in [2.24, 2.45) is 11.8 Å². The molecule has 0 aromatic heterocycles. The van der Waals surface area contributed by atoms with Gasteiger partial charge in [-0.25, -0.2) is 5.01 Å². The molecular weight excluding hydrogens is 166 g/mol.